The molecule has 0 bridgehead atoms. The maximum absolute atomic E-state index is 6.51. The Morgan fingerprint density at radius 2 is 1.28 bits per heavy atom. The van der Waals surface area contributed by atoms with Crippen LogP contribution in [0.2, 0.25) is 0 Å². The van der Waals surface area contributed by atoms with Gasteiger partial charge >= 0.3 is 0 Å². The van der Waals surface area contributed by atoms with E-state index in [2.05, 4.69) is 126 Å². The minimum absolute atomic E-state index is 0.287. The van der Waals surface area contributed by atoms with Crippen molar-refractivity contribution < 1.29 is 4.42 Å². The number of furan rings is 1. The van der Waals surface area contributed by atoms with Crippen LogP contribution in [0.1, 0.15) is 17.4 Å². The van der Waals surface area contributed by atoms with Gasteiger partial charge < -0.3 is 13.9 Å². The molecule has 0 saturated carbocycles. The fourth-order valence-corrected chi connectivity index (χ4v) is 6.01. The predicted molar refractivity (Wildman–Crippen MR) is 161 cm³/mol. The van der Waals surface area contributed by atoms with Crippen molar-refractivity contribution in [2.75, 3.05) is 7.05 Å². The summed E-state index contributed by atoms with van der Waals surface area (Å²) in [6.07, 6.45) is 1.91. The monoisotopic (exact) mass is 503 g/mol. The number of fused-ring (bicyclic) bond motifs is 7. The highest BCUT2D eigenvalue weighted by Gasteiger charge is 2.29. The Balaban J connectivity index is 1.44. The average molecular weight is 504 g/mol. The summed E-state index contributed by atoms with van der Waals surface area (Å²) in [5.74, 6) is 0. The molecule has 0 fully saturated rings. The van der Waals surface area contributed by atoms with Crippen LogP contribution in [0.25, 0.3) is 49.4 Å². The number of aromatic nitrogens is 1. The molecule has 0 saturated heterocycles. The molecule has 0 spiro atoms. The summed E-state index contributed by atoms with van der Waals surface area (Å²) in [4.78, 5) is 7.65. The largest absolute Gasteiger partial charge is 0.455 e. The van der Waals surface area contributed by atoms with E-state index in [1.165, 1.54) is 0 Å². The van der Waals surface area contributed by atoms with Crippen LogP contribution in [0.15, 0.2) is 137 Å². The van der Waals surface area contributed by atoms with Gasteiger partial charge in [0, 0.05) is 28.9 Å². The molecule has 1 unspecified atom stereocenters. The van der Waals surface area contributed by atoms with Crippen molar-refractivity contribution in [3.05, 3.63) is 139 Å². The zero-order valence-corrected chi connectivity index (χ0v) is 21.5. The molecule has 4 heteroatoms. The fourth-order valence-electron chi connectivity index (χ4n) is 6.01. The van der Waals surface area contributed by atoms with Gasteiger partial charge in [-0.25, -0.2) is 4.99 Å². The minimum Gasteiger partial charge on any atom is -0.455 e. The molecule has 7 aromatic rings. The first kappa shape index (κ1) is 21.9. The van der Waals surface area contributed by atoms with Gasteiger partial charge in [-0.05, 0) is 41.5 Å². The van der Waals surface area contributed by atoms with Crippen molar-refractivity contribution in [1.82, 2.24) is 9.47 Å². The van der Waals surface area contributed by atoms with Gasteiger partial charge in [-0.2, -0.15) is 0 Å². The summed E-state index contributed by atoms with van der Waals surface area (Å²) in [7, 11) is 2.13. The summed E-state index contributed by atoms with van der Waals surface area (Å²) in [5, 5.41) is 4.56. The van der Waals surface area contributed by atoms with Crippen molar-refractivity contribution in [2.24, 2.45) is 4.99 Å². The highest BCUT2D eigenvalue weighted by molar-refractivity contribution is 6.23. The number of allylic oxidation sites excluding steroid dienone is 1. The van der Waals surface area contributed by atoms with E-state index in [-0.39, 0.29) is 6.29 Å². The SMILES string of the molecule is CN1C(c2ccccc2)=CC(c2ccccc2)=NC1n1c2ccccc2c2c3oc4ccccc4c3ccc21. The zero-order chi connectivity index (χ0) is 25.9. The Morgan fingerprint density at radius 1 is 0.615 bits per heavy atom. The molecule has 1 atom stereocenters. The topological polar surface area (TPSA) is 33.7 Å². The van der Waals surface area contributed by atoms with Gasteiger partial charge in [0.2, 0.25) is 6.29 Å². The summed E-state index contributed by atoms with van der Waals surface area (Å²) < 4.78 is 8.87. The highest BCUT2D eigenvalue weighted by Crippen LogP contribution is 2.42. The molecule has 4 nitrogen and oxygen atoms in total. The third-order valence-electron chi connectivity index (χ3n) is 7.84. The first-order valence-electron chi connectivity index (χ1n) is 13.2. The van der Waals surface area contributed by atoms with Crippen molar-refractivity contribution in [3.63, 3.8) is 0 Å². The van der Waals surface area contributed by atoms with Gasteiger partial charge in [0.1, 0.15) is 11.2 Å². The predicted octanol–water partition coefficient (Wildman–Crippen LogP) is 8.63. The zero-order valence-electron chi connectivity index (χ0n) is 21.5. The third kappa shape index (κ3) is 3.28. The van der Waals surface area contributed by atoms with Crippen LogP contribution in [0.5, 0.6) is 0 Å². The molecule has 0 amide bonds. The normalized spacial score (nSPS) is 15.8. The van der Waals surface area contributed by atoms with E-state index in [0.29, 0.717) is 0 Å². The number of hydrogen-bond donors (Lipinski definition) is 0. The molecule has 8 rings (SSSR count). The minimum atomic E-state index is -0.287. The van der Waals surface area contributed by atoms with Gasteiger partial charge in [-0.1, -0.05) is 97.1 Å². The highest BCUT2D eigenvalue weighted by atomic mass is 16.3. The molecule has 0 aliphatic carbocycles. The molecule has 1 aliphatic rings. The van der Waals surface area contributed by atoms with Crippen LogP contribution in [0.4, 0.5) is 0 Å². The Hall–Kier alpha value is -5.09. The fraction of sp³-hybridized carbons (Fsp3) is 0.0571. The standard InChI is InChI=1S/C35H25N3O/c1-37-31(24-14-6-3-7-15-24)22-28(23-12-4-2-5-13-23)36-35(37)38-29-18-10-8-17-27(29)33-30(38)21-20-26-25-16-9-11-19-32(25)39-34(26)33/h2-22,35H,1H3. The maximum Gasteiger partial charge on any atom is 0.203 e. The molecule has 0 radical (unpaired) electrons. The lowest BCUT2D eigenvalue weighted by molar-refractivity contribution is 0.282. The molecule has 3 heterocycles. The van der Waals surface area contributed by atoms with Gasteiger partial charge in [0.05, 0.1) is 22.1 Å². The molecule has 186 valence electrons. The van der Waals surface area contributed by atoms with E-state index >= 15 is 0 Å². The first-order chi connectivity index (χ1) is 19.3. The van der Waals surface area contributed by atoms with Crippen LogP contribution in [-0.2, 0) is 0 Å². The smallest absolute Gasteiger partial charge is 0.203 e. The van der Waals surface area contributed by atoms with Gasteiger partial charge in [-0.3, -0.25) is 0 Å². The van der Waals surface area contributed by atoms with Gasteiger partial charge in [-0.15, -0.1) is 0 Å². The number of hydrogen-bond acceptors (Lipinski definition) is 3. The Labute approximate surface area is 225 Å². The van der Waals surface area contributed by atoms with Crippen LogP contribution in [-0.4, -0.2) is 22.2 Å². The molecule has 2 aromatic heterocycles. The van der Waals surface area contributed by atoms with Crippen LogP contribution in [0, 0.1) is 0 Å². The summed E-state index contributed by atoms with van der Waals surface area (Å²) >= 11 is 0. The summed E-state index contributed by atoms with van der Waals surface area (Å²) in [5.41, 5.74) is 8.42. The van der Waals surface area contributed by atoms with Crippen LogP contribution in [0.3, 0.4) is 0 Å². The lowest BCUT2D eigenvalue weighted by atomic mass is 10.0. The molecule has 5 aromatic carbocycles. The second-order valence-corrected chi connectivity index (χ2v) is 10.1. The van der Waals surface area contributed by atoms with Gasteiger partial charge in [0.25, 0.3) is 0 Å². The quantitative estimate of drug-likeness (QED) is 0.242. The second kappa shape index (κ2) is 8.47. The van der Waals surface area contributed by atoms with Crippen molar-refractivity contribution in [3.8, 4) is 0 Å². The Kier molecular flexibility index (Phi) is 4.76. The first-order valence-corrected chi connectivity index (χ1v) is 13.2. The Bertz CT molecular complexity index is 2080. The number of para-hydroxylation sites is 2. The van der Waals surface area contributed by atoms with E-state index in [0.717, 1.165) is 66.3 Å². The summed E-state index contributed by atoms with van der Waals surface area (Å²) in [6, 6.07) is 42.3. The Morgan fingerprint density at radius 3 is 2.08 bits per heavy atom. The number of nitrogens with zero attached hydrogens (tertiary/aromatic N) is 3. The molecule has 39 heavy (non-hydrogen) atoms. The van der Waals surface area contributed by atoms with E-state index in [9.17, 15) is 0 Å². The third-order valence-corrected chi connectivity index (χ3v) is 7.84. The molecular formula is C35H25N3O. The van der Waals surface area contributed by atoms with Gasteiger partial charge in [0.15, 0.2) is 0 Å². The van der Waals surface area contributed by atoms with Crippen molar-refractivity contribution in [1.29, 1.82) is 0 Å². The van der Waals surface area contributed by atoms with Crippen LogP contribution >= 0.6 is 0 Å². The lowest BCUT2D eigenvalue weighted by Gasteiger charge is -2.35. The summed E-state index contributed by atoms with van der Waals surface area (Å²) in [6.45, 7) is 0. The number of benzene rings is 5. The van der Waals surface area contributed by atoms with E-state index < -0.39 is 0 Å². The number of rotatable bonds is 3. The van der Waals surface area contributed by atoms with E-state index in [1.54, 1.807) is 0 Å². The number of aliphatic imine (C=N–C) groups is 1. The van der Waals surface area contributed by atoms with E-state index in [4.69, 9.17) is 9.41 Å². The van der Waals surface area contributed by atoms with Crippen molar-refractivity contribution in [2.45, 2.75) is 6.29 Å². The molecule has 1 aliphatic heterocycles. The second-order valence-electron chi connectivity index (χ2n) is 10.1. The van der Waals surface area contributed by atoms with Crippen molar-refractivity contribution >= 4 is 55.2 Å². The molecular weight excluding hydrogens is 478 g/mol. The maximum atomic E-state index is 6.51. The van der Waals surface area contributed by atoms with Crippen LogP contribution < -0.4 is 0 Å². The van der Waals surface area contributed by atoms with E-state index in [1.807, 2.05) is 18.2 Å². The lowest BCUT2D eigenvalue weighted by Crippen LogP contribution is -2.31. The molecule has 0 N–H and O–H groups in total. The average Bonchev–Trinajstić information content (AvgIpc) is 3.54.